The van der Waals surface area contributed by atoms with Crippen LogP contribution < -0.4 is 5.73 Å². The van der Waals surface area contributed by atoms with Gasteiger partial charge in [-0.05, 0) is 44.5 Å². The minimum Gasteiger partial charge on any atom is -0.383 e. The Labute approximate surface area is 127 Å². The van der Waals surface area contributed by atoms with Crippen LogP contribution in [-0.2, 0) is 4.74 Å². The van der Waals surface area contributed by atoms with E-state index in [2.05, 4.69) is 11.8 Å². The van der Waals surface area contributed by atoms with Crippen molar-refractivity contribution in [3.63, 3.8) is 0 Å². The first-order valence-electron chi connectivity index (χ1n) is 7.10. The molecular weight excluding hydrogens is 264 g/mol. The van der Waals surface area contributed by atoms with Crippen molar-refractivity contribution in [3.05, 3.63) is 34.9 Å². The molecule has 0 spiro atoms. The lowest BCUT2D eigenvalue weighted by atomic mass is 10.0. The Morgan fingerprint density at radius 2 is 2.14 bits per heavy atom. The van der Waals surface area contributed by atoms with Gasteiger partial charge in [-0.25, -0.2) is 0 Å². The molecule has 0 aliphatic carbocycles. The van der Waals surface area contributed by atoms with Crippen LogP contribution in [-0.4, -0.2) is 43.7 Å². The van der Waals surface area contributed by atoms with Crippen LogP contribution in [0.5, 0.6) is 0 Å². The van der Waals surface area contributed by atoms with Crippen LogP contribution in [0.15, 0.2) is 18.2 Å². The second kappa shape index (κ2) is 8.46. The third-order valence-corrected chi connectivity index (χ3v) is 3.22. The molecule has 2 N–H and O–H groups in total. The molecule has 0 aliphatic rings. The quantitative estimate of drug-likeness (QED) is 0.841. The topological polar surface area (TPSA) is 55.6 Å². The summed E-state index contributed by atoms with van der Waals surface area (Å²) in [5.74, 6) is 5.85. The molecule has 4 heteroatoms. The minimum absolute atomic E-state index is 0.0171. The molecular formula is C17H24N2O2. The number of amides is 1. The molecule has 0 saturated heterocycles. The second-order valence-electron chi connectivity index (χ2n) is 5.12. The van der Waals surface area contributed by atoms with Crippen molar-refractivity contribution < 1.29 is 9.53 Å². The molecule has 0 radical (unpaired) electrons. The van der Waals surface area contributed by atoms with Crippen LogP contribution in [0.25, 0.3) is 0 Å². The van der Waals surface area contributed by atoms with Crippen LogP contribution in [0.1, 0.15) is 35.3 Å². The number of carbonyl (C=O) groups excluding carboxylic acids is 1. The minimum atomic E-state index is 0.0171. The third kappa shape index (κ3) is 4.89. The summed E-state index contributed by atoms with van der Waals surface area (Å²) in [7, 11) is 1.64. The zero-order valence-electron chi connectivity index (χ0n) is 13.3. The Hall–Kier alpha value is -1.83. The van der Waals surface area contributed by atoms with Crippen LogP contribution in [0.3, 0.4) is 0 Å². The van der Waals surface area contributed by atoms with Gasteiger partial charge in [-0.1, -0.05) is 11.8 Å². The molecule has 0 atom stereocenters. The fraction of sp³-hybridized carbons (Fsp3) is 0.471. The smallest absolute Gasteiger partial charge is 0.254 e. The lowest BCUT2D eigenvalue weighted by Crippen LogP contribution is -2.39. The molecule has 1 aromatic carbocycles. The van der Waals surface area contributed by atoms with Gasteiger partial charge >= 0.3 is 0 Å². The highest BCUT2D eigenvalue weighted by molar-refractivity contribution is 5.94. The molecule has 0 unspecified atom stereocenters. The average molecular weight is 288 g/mol. The number of aryl methyl sites for hydroxylation is 1. The fourth-order valence-electron chi connectivity index (χ4n) is 2.03. The van der Waals surface area contributed by atoms with Crippen molar-refractivity contribution >= 4 is 5.91 Å². The first kappa shape index (κ1) is 17.2. The summed E-state index contributed by atoms with van der Waals surface area (Å²) in [5.41, 5.74) is 7.95. The molecule has 0 aliphatic heterocycles. The van der Waals surface area contributed by atoms with Crippen LogP contribution >= 0.6 is 0 Å². The van der Waals surface area contributed by atoms with E-state index in [0.29, 0.717) is 25.3 Å². The standard InChI is InChI=1S/C17H24N2O2/c1-13(2)19(10-11-21-4)17(20)16-8-7-15(6-5-9-18)14(3)12-16/h7-8,12-13H,9-11,18H2,1-4H3. The first-order valence-corrected chi connectivity index (χ1v) is 7.10. The Bertz CT molecular complexity index is 541. The van der Waals surface area contributed by atoms with Crippen molar-refractivity contribution in [1.82, 2.24) is 4.90 Å². The third-order valence-electron chi connectivity index (χ3n) is 3.22. The predicted molar refractivity (Wildman–Crippen MR) is 85.2 cm³/mol. The summed E-state index contributed by atoms with van der Waals surface area (Å²) < 4.78 is 5.07. The second-order valence-corrected chi connectivity index (χ2v) is 5.12. The van der Waals surface area contributed by atoms with Gasteiger partial charge in [0.05, 0.1) is 13.2 Å². The lowest BCUT2D eigenvalue weighted by Gasteiger charge is -2.26. The predicted octanol–water partition coefficient (Wildman–Crippen LogP) is 1.80. The van der Waals surface area contributed by atoms with Crippen LogP contribution in [0, 0.1) is 18.8 Å². The van der Waals surface area contributed by atoms with Gasteiger partial charge < -0.3 is 15.4 Å². The van der Waals surface area contributed by atoms with Gasteiger partial charge in [0.15, 0.2) is 0 Å². The number of hydrogen-bond acceptors (Lipinski definition) is 3. The van der Waals surface area contributed by atoms with E-state index in [4.69, 9.17) is 10.5 Å². The number of methoxy groups -OCH3 is 1. The monoisotopic (exact) mass is 288 g/mol. The fourth-order valence-corrected chi connectivity index (χ4v) is 2.03. The molecule has 0 fully saturated rings. The summed E-state index contributed by atoms with van der Waals surface area (Å²) in [4.78, 5) is 14.4. The number of benzene rings is 1. The zero-order valence-corrected chi connectivity index (χ0v) is 13.3. The SMILES string of the molecule is COCCN(C(=O)c1ccc(C#CCN)c(C)c1)C(C)C. The summed E-state index contributed by atoms with van der Waals surface area (Å²) in [6.45, 7) is 7.40. The maximum absolute atomic E-state index is 12.6. The largest absolute Gasteiger partial charge is 0.383 e. The molecule has 0 saturated carbocycles. The van der Waals surface area contributed by atoms with Crippen LogP contribution in [0.2, 0.25) is 0 Å². The van der Waals surface area contributed by atoms with E-state index in [1.165, 1.54) is 0 Å². The average Bonchev–Trinajstić information content (AvgIpc) is 2.45. The maximum atomic E-state index is 12.6. The van der Waals surface area contributed by atoms with E-state index in [9.17, 15) is 4.79 Å². The van der Waals surface area contributed by atoms with E-state index in [-0.39, 0.29) is 11.9 Å². The van der Waals surface area contributed by atoms with Crippen molar-refractivity contribution in [3.8, 4) is 11.8 Å². The Morgan fingerprint density at radius 1 is 1.43 bits per heavy atom. The van der Waals surface area contributed by atoms with Gasteiger partial charge in [0.2, 0.25) is 0 Å². The van der Waals surface area contributed by atoms with Crippen LogP contribution in [0.4, 0.5) is 0 Å². The summed E-state index contributed by atoms with van der Waals surface area (Å²) in [6.07, 6.45) is 0. The molecule has 4 nitrogen and oxygen atoms in total. The van der Waals surface area contributed by atoms with E-state index < -0.39 is 0 Å². The number of carbonyl (C=O) groups is 1. The molecule has 0 bridgehead atoms. The summed E-state index contributed by atoms with van der Waals surface area (Å²) >= 11 is 0. The van der Waals surface area contributed by atoms with Gasteiger partial charge in [0.1, 0.15) is 0 Å². The van der Waals surface area contributed by atoms with E-state index in [0.717, 1.165) is 11.1 Å². The number of ether oxygens (including phenoxy) is 1. The number of nitrogens with two attached hydrogens (primary N) is 1. The van der Waals surface area contributed by atoms with Gasteiger partial charge in [-0.3, -0.25) is 4.79 Å². The number of hydrogen-bond donors (Lipinski definition) is 1. The molecule has 1 aromatic rings. The highest BCUT2D eigenvalue weighted by atomic mass is 16.5. The summed E-state index contributed by atoms with van der Waals surface area (Å²) in [6, 6.07) is 5.70. The molecule has 1 amide bonds. The molecule has 21 heavy (non-hydrogen) atoms. The Morgan fingerprint density at radius 3 is 2.67 bits per heavy atom. The number of rotatable bonds is 5. The van der Waals surface area contributed by atoms with Crippen molar-refractivity contribution in [2.24, 2.45) is 5.73 Å². The van der Waals surface area contributed by atoms with Crippen molar-refractivity contribution in [2.45, 2.75) is 26.8 Å². The first-order chi connectivity index (χ1) is 10.0. The Balaban J connectivity index is 2.98. The van der Waals surface area contributed by atoms with Crippen molar-refractivity contribution in [2.75, 3.05) is 26.8 Å². The van der Waals surface area contributed by atoms with E-state index >= 15 is 0 Å². The molecule has 0 aromatic heterocycles. The van der Waals surface area contributed by atoms with E-state index in [1.54, 1.807) is 7.11 Å². The normalized spacial score (nSPS) is 10.2. The maximum Gasteiger partial charge on any atom is 0.254 e. The van der Waals surface area contributed by atoms with Crippen molar-refractivity contribution in [1.29, 1.82) is 0 Å². The summed E-state index contributed by atoms with van der Waals surface area (Å²) in [5, 5.41) is 0. The Kier molecular flexibility index (Phi) is 6.93. The van der Waals surface area contributed by atoms with E-state index in [1.807, 2.05) is 43.9 Å². The highest BCUT2D eigenvalue weighted by Gasteiger charge is 2.18. The highest BCUT2D eigenvalue weighted by Crippen LogP contribution is 2.14. The molecule has 114 valence electrons. The van der Waals surface area contributed by atoms with Gasteiger partial charge in [0.25, 0.3) is 5.91 Å². The van der Waals surface area contributed by atoms with Gasteiger partial charge in [-0.15, -0.1) is 0 Å². The lowest BCUT2D eigenvalue weighted by molar-refractivity contribution is 0.0635. The zero-order chi connectivity index (χ0) is 15.8. The molecule has 0 heterocycles. The van der Waals surface area contributed by atoms with Gasteiger partial charge in [-0.2, -0.15) is 0 Å². The van der Waals surface area contributed by atoms with Gasteiger partial charge in [0, 0.05) is 30.8 Å². The number of nitrogens with zero attached hydrogens (tertiary/aromatic N) is 1. The molecule has 1 rings (SSSR count).